The summed E-state index contributed by atoms with van der Waals surface area (Å²) in [5, 5.41) is 1.57. The smallest absolute Gasteiger partial charge is 0.343 e. The lowest BCUT2D eigenvalue weighted by atomic mass is 10.2. The summed E-state index contributed by atoms with van der Waals surface area (Å²) in [5.41, 5.74) is -0.461. The Morgan fingerprint density at radius 3 is 2.56 bits per heavy atom. The molecule has 0 saturated carbocycles. The highest BCUT2D eigenvalue weighted by molar-refractivity contribution is 7.80. The molecule has 1 N–H and O–H groups in total. The number of hydrogen-bond donors (Lipinski definition) is 2. The van der Waals surface area contributed by atoms with Crippen molar-refractivity contribution in [2.24, 2.45) is 0 Å². The maximum atomic E-state index is 13.1. The van der Waals surface area contributed by atoms with E-state index in [-0.39, 0.29) is 0 Å². The average molecular weight is 253 g/mol. The second kappa shape index (κ2) is 4.73. The number of hydrogen-bond acceptors (Lipinski definition) is 2. The number of nitrogens with one attached hydrogen (secondary N) is 1. The molecule has 16 heavy (non-hydrogen) atoms. The Morgan fingerprint density at radius 2 is 2.00 bits per heavy atom. The van der Waals surface area contributed by atoms with E-state index in [1.807, 2.05) is 0 Å². The molecule has 0 atom stereocenters. The number of rotatable bonds is 2. The zero-order chi connectivity index (χ0) is 12.3. The summed E-state index contributed by atoms with van der Waals surface area (Å²) in [7, 11) is 0. The molecule has 0 aromatic heterocycles. The van der Waals surface area contributed by atoms with E-state index in [4.69, 9.17) is 0 Å². The first kappa shape index (κ1) is 12.8. The van der Waals surface area contributed by atoms with Crippen molar-refractivity contribution >= 4 is 18.5 Å². The Balaban J connectivity index is 2.77. The second-order valence-corrected chi connectivity index (χ2v) is 3.48. The molecule has 1 aromatic carbocycles. The minimum atomic E-state index is -4.52. The third-order valence-electron chi connectivity index (χ3n) is 1.64. The topological polar surface area (TPSA) is 29.1 Å². The van der Waals surface area contributed by atoms with E-state index in [9.17, 15) is 22.4 Å². The van der Waals surface area contributed by atoms with Crippen LogP contribution >= 0.6 is 12.6 Å². The van der Waals surface area contributed by atoms with Crippen LogP contribution in [-0.4, -0.2) is 18.6 Å². The summed E-state index contributed by atoms with van der Waals surface area (Å²) in [4.78, 5) is 11.5. The Kier molecular flexibility index (Phi) is 3.79. The van der Waals surface area contributed by atoms with Gasteiger partial charge in [-0.25, -0.2) is 4.39 Å². The van der Waals surface area contributed by atoms with Gasteiger partial charge in [0.05, 0.1) is 5.56 Å². The monoisotopic (exact) mass is 253 g/mol. The molecule has 0 aliphatic carbocycles. The van der Waals surface area contributed by atoms with Gasteiger partial charge < -0.3 is 5.32 Å². The Morgan fingerprint density at radius 1 is 1.38 bits per heavy atom. The molecule has 0 heterocycles. The fourth-order valence-corrected chi connectivity index (χ4v) is 1.17. The van der Waals surface area contributed by atoms with Gasteiger partial charge in [0.25, 0.3) is 5.91 Å². The largest absolute Gasteiger partial charge is 0.405 e. The molecule has 7 heteroatoms. The van der Waals surface area contributed by atoms with Gasteiger partial charge in [0, 0.05) is 4.90 Å². The number of halogens is 4. The molecule has 2 nitrogen and oxygen atoms in total. The second-order valence-electron chi connectivity index (χ2n) is 2.96. The van der Waals surface area contributed by atoms with Crippen molar-refractivity contribution < 1.29 is 22.4 Å². The molecular weight excluding hydrogens is 246 g/mol. The molecule has 0 spiro atoms. The molecule has 0 aliphatic rings. The molecule has 1 amide bonds. The average Bonchev–Trinajstić information content (AvgIpc) is 2.17. The number of benzene rings is 1. The Bertz CT molecular complexity index is 405. The van der Waals surface area contributed by atoms with Crippen molar-refractivity contribution in [3.63, 3.8) is 0 Å². The first-order valence-electron chi connectivity index (χ1n) is 4.13. The van der Waals surface area contributed by atoms with Crippen LogP contribution in [0.1, 0.15) is 10.4 Å². The highest BCUT2D eigenvalue weighted by Crippen LogP contribution is 2.15. The maximum Gasteiger partial charge on any atom is 0.405 e. The number of carbonyl (C=O) groups is 1. The SMILES string of the molecule is O=C(NCC(F)(F)F)c1cc(S)ccc1F. The van der Waals surface area contributed by atoms with Crippen LogP contribution in [0.3, 0.4) is 0 Å². The fourth-order valence-electron chi connectivity index (χ4n) is 0.963. The third kappa shape index (κ3) is 3.73. The number of thiol groups is 1. The van der Waals surface area contributed by atoms with E-state index in [1.165, 1.54) is 6.07 Å². The molecule has 0 unspecified atom stereocenters. The molecule has 0 radical (unpaired) electrons. The minimum absolute atomic E-state index is 0.290. The van der Waals surface area contributed by atoms with Gasteiger partial charge in [-0.1, -0.05) is 0 Å². The molecule has 0 saturated heterocycles. The summed E-state index contributed by atoms with van der Waals surface area (Å²) in [6.45, 7) is -1.50. The molecule has 0 fully saturated rings. The molecular formula is C9H7F4NOS. The highest BCUT2D eigenvalue weighted by Gasteiger charge is 2.28. The van der Waals surface area contributed by atoms with Crippen molar-refractivity contribution in [1.82, 2.24) is 5.32 Å². The van der Waals surface area contributed by atoms with Crippen molar-refractivity contribution in [3.8, 4) is 0 Å². The van der Waals surface area contributed by atoms with Crippen LogP contribution < -0.4 is 5.32 Å². The van der Waals surface area contributed by atoms with Crippen LogP contribution in [0.15, 0.2) is 23.1 Å². The van der Waals surface area contributed by atoms with Gasteiger partial charge in [-0.2, -0.15) is 13.2 Å². The first-order valence-corrected chi connectivity index (χ1v) is 4.58. The van der Waals surface area contributed by atoms with Crippen molar-refractivity contribution in [3.05, 3.63) is 29.6 Å². The van der Waals surface area contributed by atoms with E-state index in [0.29, 0.717) is 4.90 Å². The quantitative estimate of drug-likeness (QED) is 0.615. The van der Waals surface area contributed by atoms with Crippen LogP contribution in [0.4, 0.5) is 17.6 Å². The Hall–Kier alpha value is -1.24. The zero-order valence-corrected chi connectivity index (χ0v) is 8.70. The van der Waals surface area contributed by atoms with Gasteiger partial charge in [-0.15, -0.1) is 12.6 Å². The standard InChI is InChI=1S/C9H7F4NOS/c10-7-2-1-5(16)3-6(7)8(15)14-4-9(11,12)13/h1-3,16H,4H2,(H,14,15). The summed E-state index contributed by atoms with van der Waals surface area (Å²) in [6, 6.07) is 3.31. The van der Waals surface area contributed by atoms with Gasteiger partial charge in [0.1, 0.15) is 12.4 Å². The van der Waals surface area contributed by atoms with Gasteiger partial charge in [-0.05, 0) is 18.2 Å². The Labute approximate surface area is 94.1 Å². The van der Waals surface area contributed by atoms with Crippen molar-refractivity contribution in [1.29, 1.82) is 0 Å². The number of carbonyl (C=O) groups excluding carboxylic acids is 1. The fraction of sp³-hybridized carbons (Fsp3) is 0.222. The minimum Gasteiger partial charge on any atom is -0.343 e. The lowest BCUT2D eigenvalue weighted by molar-refractivity contribution is -0.123. The molecule has 88 valence electrons. The van der Waals surface area contributed by atoms with Crippen LogP contribution in [0.5, 0.6) is 0 Å². The molecule has 1 rings (SSSR count). The van der Waals surface area contributed by atoms with E-state index in [0.717, 1.165) is 12.1 Å². The highest BCUT2D eigenvalue weighted by atomic mass is 32.1. The zero-order valence-electron chi connectivity index (χ0n) is 7.81. The van der Waals surface area contributed by atoms with Gasteiger partial charge in [-0.3, -0.25) is 4.79 Å². The van der Waals surface area contributed by atoms with E-state index < -0.39 is 30.0 Å². The maximum absolute atomic E-state index is 13.1. The van der Waals surface area contributed by atoms with Crippen LogP contribution in [0.2, 0.25) is 0 Å². The van der Waals surface area contributed by atoms with Crippen molar-refractivity contribution in [2.45, 2.75) is 11.1 Å². The van der Waals surface area contributed by atoms with Crippen LogP contribution in [-0.2, 0) is 0 Å². The molecule has 0 bridgehead atoms. The first-order chi connectivity index (χ1) is 7.29. The van der Waals surface area contributed by atoms with Crippen LogP contribution in [0.25, 0.3) is 0 Å². The van der Waals surface area contributed by atoms with Gasteiger partial charge in [0.15, 0.2) is 0 Å². The lowest BCUT2D eigenvalue weighted by Gasteiger charge is -2.09. The predicted octanol–water partition coefficient (Wildman–Crippen LogP) is 2.41. The number of amides is 1. The normalized spacial score (nSPS) is 11.3. The van der Waals surface area contributed by atoms with E-state index in [1.54, 1.807) is 5.32 Å². The summed E-state index contributed by atoms with van der Waals surface area (Å²) < 4.78 is 48.4. The van der Waals surface area contributed by atoms with E-state index in [2.05, 4.69) is 12.6 Å². The molecule has 1 aromatic rings. The summed E-state index contributed by atoms with van der Waals surface area (Å²) in [6.07, 6.45) is -4.52. The van der Waals surface area contributed by atoms with Crippen molar-refractivity contribution in [2.75, 3.05) is 6.54 Å². The van der Waals surface area contributed by atoms with Crippen LogP contribution in [0, 0.1) is 5.82 Å². The number of alkyl halides is 3. The van der Waals surface area contributed by atoms with E-state index >= 15 is 0 Å². The summed E-state index contributed by atoms with van der Waals surface area (Å²) in [5.74, 6) is -2.01. The third-order valence-corrected chi connectivity index (χ3v) is 1.92. The lowest BCUT2D eigenvalue weighted by Crippen LogP contribution is -2.34. The molecule has 0 aliphatic heterocycles. The summed E-state index contributed by atoms with van der Waals surface area (Å²) >= 11 is 3.85. The van der Waals surface area contributed by atoms with Gasteiger partial charge in [0.2, 0.25) is 0 Å². The predicted molar refractivity (Wildman–Crippen MR) is 52.0 cm³/mol. The van der Waals surface area contributed by atoms with Gasteiger partial charge >= 0.3 is 6.18 Å².